The van der Waals surface area contributed by atoms with Crippen LogP contribution >= 0.6 is 35.0 Å². The second-order valence-electron chi connectivity index (χ2n) is 7.15. The molecule has 0 radical (unpaired) electrons. The van der Waals surface area contributed by atoms with Crippen molar-refractivity contribution < 1.29 is 19.1 Å². The molecule has 0 saturated carbocycles. The Morgan fingerprint density at radius 2 is 1.58 bits per heavy atom. The van der Waals surface area contributed by atoms with Crippen LogP contribution in [0.3, 0.4) is 0 Å². The van der Waals surface area contributed by atoms with E-state index in [4.69, 9.17) is 32.7 Å². The minimum atomic E-state index is -0.358. The van der Waals surface area contributed by atoms with E-state index in [1.807, 2.05) is 24.3 Å². The zero-order valence-electron chi connectivity index (χ0n) is 17.6. The molecule has 1 saturated heterocycles. The van der Waals surface area contributed by atoms with Gasteiger partial charge in [-0.15, -0.1) is 0 Å². The fourth-order valence-electron chi connectivity index (χ4n) is 3.25. The number of halogens is 2. The summed E-state index contributed by atoms with van der Waals surface area (Å²) < 4.78 is 11.3. The van der Waals surface area contributed by atoms with Crippen LogP contribution in [0.4, 0.5) is 4.79 Å². The zero-order chi connectivity index (χ0) is 23.4. The molecular formula is C25H19Cl2NO4S. The van der Waals surface area contributed by atoms with E-state index < -0.39 is 0 Å². The number of rotatable bonds is 7. The number of nitrogens with zero attached hydrogens (tertiary/aromatic N) is 1. The summed E-state index contributed by atoms with van der Waals surface area (Å²) >= 11 is 13.3. The van der Waals surface area contributed by atoms with Gasteiger partial charge in [0.15, 0.2) is 11.5 Å². The Morgan fingerprint density at radius 1 is 0.909 bits per heavy atom. The zero-order valence-corrected chi connectivity index (χ0v) is 19.9. The number of carbonyl (C=O) groups is 2. The molecule has 0 aliphatic carbocycles. The third-order valence-electron chi connectivity index (χ3n) is 4.99. The maximum Gasteiger partial charge on any atom is 0.293 e. The first-order chi connectivity index (χ1) is 16.0. The second-order valence-corrected chi connectivity index (χ2v) is 8.96. The number of ether oxygens (including phenoxy) is 2. The number of imide groups is 1. The van der Waals surface area contributed by atoms with Gasteiger partial charge in [0.1, 0.15) is 6.61 Å². The van der Waals surface area contributed by atoms with Crippen molar-refractivity contribution in [2.45, 2.75) is 13.2 Å². The van der Waals surface area contributed by atoms with E-state index in [1.54, 1.807) is 55.7 Å². The maximum atomic E-state index is 12.9. The van der Waals surface area contributed by atoms with Gasteiger partial charge in [0, 0.05) is 15.6 Å². The highest BCUT2D eigenvalue weighted by molar-refractivity contribution is 8.18. The van der Waals surface area contributed by atoms with E-state index in [1.165, 1.54) is 4.90 Å². The lowest BCUT2D eigenvalue weighted by molar-refractivity contribution is -0.123. The highest BCUT2D eigenvalue weighted by Crippen LogP contribution is 2.36. The fraction of sp³-hybridized carbons (Fsp3) is 0.120. The van der Waals surface area contributed by atoms with Gasteiger partial charge in [-0.1, -0.05) is 65.7 Å². The lowest BCUT2D eigenvalue weighted by atomic mass is 10.1. The summed E-state index contributed by atoms with van der Waals surface area (Å²) in [7, 11) is 1.54. The minimum Gasteiger partial charge on any atom is -0.493 e. The van der Waals surface area contributed by atoms with Crippen molar-refractivity contribution in [2.24, 2.45) is 0 Å². The third-order valence-corrected chi connectivity index (χ3v) is 6.63. The van der Waals surface area contributed by atoms with E-state index in [0.717, 1.165) is 17.3 Å². The summed E-state index contributed by atoms with van der Waals surface area (Å²) in [5, 5.41) is 0.802. The molecule has 3 aromatic carbocycles. The van der Waals surface area contributed by atoms with Gasteiger partial charge >= 0.3 is 0 Å². The highest BCUT2D eigenvalue weighted by Gasteiger charge is 2.35. The molecule has 4 rings (SSSR count). The predicted octanol–water partition coefficient (Wildman–Crippen LogP) is 6.82. The fourth-order valence-corrected chi connectivity index (χ4v) is 4.47. The van der Waals surface area contributed by atoms with Crippen LogP contribution in [-0.2, 0) is 17.9 Å². The van der Waals surface area contributed by atoms with Crippen molar-refractivity contribution >= 4 is 52.2 Å². The minimum absolute atomic E-state index is 0.125. The first-order valence-corrected chi connectivity index (χ1v) is 11.6. The van der Waals surface area contributed by atoms with Gasteiger partial charge < -0.3 is 9.47 Å². The largest absolute Gasteiger partial charge is 0.493 e. The van der Waals surface area contributed by atoms with Gasteiger partial charge in [-0.3, -0.25) is 14.5 Å². The van der Waals surface area contributed by atoms with Gasteiger partial charge in [0.2, 0.25) is 0 Å². The summed E-state index contributed by atoms with van der Waals surface area (Å²) in [5.74, 6) is 0.690. The van der Waals surface area contributed by atoms with Crippen LogP contribution in [0.5, 0.6) is 11.5 Å². The summed E-state index contributed by atoms with van der Waals surface area (Å²) in [5.41, 5.74) is 2.28. The van der Waals surface area contributed by atoms with E-state index in [-0.39, 0.29) is 24.3 Å². The number of methoxy groups -OCH3 is 1. The molecule has 2 amide bonds. The molecular weight excluding hydrogens is 481 g/mol. The third kappa shape index (κ3) is 5.36. The molecule has 1 aliphatic rings. The number of amides is 2. The molecule has 3 aromatic rings. The van der Waals surface area contributed by atoms with Crippen LogP contribution in [0.1, 0.15) is 16.7 Å². The van der Waals surface area contributed by atoms with Crippen LogP contribution in [0.2, 0.25) is 10.0 Å². The van der Waals surface area contributed by atoms with Crippen molar-refractivity contribution in [3.63, 3.8) is 0 Å². The maximum absolute atomic E-state index is 12.9. The van der Waals surface area contributed by atoms with E-state index in [9.17, 15) is 9.59 Å². The topological polar surface area (TPSA) is 55.8 Å². The Labute approximate surface area is 205 Å². The molecule has 0 aromatic heterocycles. The molecule has 0 spiro atoms. The molecule has 168 valence electrons. The van der Waals surface area contributed by atoms with Gasteiger partial charge in [-0.25, -0.2) is 0 Å². The Morgan fingerprint density at radius 3 is 2.24 bits per heavy atom. The number of carbonyl (C=O) groups excluding carboxylic acids is 2. The Hall–Kier alpha value is -2.93. The van der Waals surface area contributed by atoms with Gasteiger partial charge in [-0.05, 0) is 53.2 Å². The molecule has 33 heavy (non-hydrogen) atoms. The van der Waals surface area contributed by atoms with Crippen LogP contribution in [0, 0.1) is 0 Å². The van der Waals surface area contributed by atoms with E-state index in [0.29, 0.717) is 37.6 Å². The summed E-state index contributed by atoms with van der Waals surface area (Å²) in [4.78, 5) is 26.8. The SMILES string of the molecule is COc1cc(/C=C2/SC(=O)N(Cc3ccccc3Cl)C2=O)ccc1OCc1ccccc1Cl. The first kappa shape index (κ1) is 23.2. The molecule has 0 N–H and O–H groups in total. The van der Waals surface area contributed by atoms with Crippen LogP contribution < -0.4 is 9.47 Å². The van der Waals surface area contributed by atoms with Gasteiger partial charge in [-0.2, -0.15) is 0 Å². The average Bonchev–Trinajstić information content (AvgIpc) is 3.07. The van der Waals surface area contributed by atoms with Crippen molar-refractivity contribution in [2.75, 3.05) is 7.11 Å². The second kappa shape index (κ2) is 10.3. The summed E-state index contributed by atoms with van der Waals surface area (Å²) in [6.45, 7) is 0.413. The first-order valence-electron chi connectivity index (χ1n) is 9.99. The highest BCUT2D eigenvalue weighted by atomic mass is 35.5. The van der Waals surface area contributed by atoms with Crippen molar-refractivity contribution in [1.29, 1.82) is 0 Å². The number of thioether (sulfide) groups is 1. The Kier molecular flexibility index (Phi) is 7.28. The Bertz CT molecular complexity index is 1240. The van der Waals surface area contributed by atoms with Crippen molar-refractivity contribution in [3.8, 4) is 11.5 Å². The normalized spacial score (nSPS) is 14.8. The number of hydrogen-bond acceptors (Lipinski definition) is 5. The van der Waals surface area contributed by atoms with Gasteiger partial charge in [0.25, 0.3) is 11.1 Å². The average molecular weight is 500 g/mol. The van der Waals surface area contributed by atoms with Crippen molar-refractivity contribution in [1.82, 2.24) is 4.90 Å². The van der Waals surface area contributed by atoms with E-state index in [2.05, 4.69) is 0 Å². The summed E-state index contributed by atoms with van der Waals surface area (Å²) in [6, 6.07) is 19.9. The lowest BCUT2D eigenvalue weighted by Gasteiger charge is -2.13. The Balaban J connectivity index is 1.50. The molecule has 1 fully saturated rings. The molecule has 1 heterocycles. The molecule has 1 aliphatic heterocycles. The van der Waals surface area contributed by atoms with E-state index >= 15 is 0 Å². The number of benzene rings is 3. The van der Waals surface area contributed by atoms with Crippen molar-refractivity contribution in [3.05, 3.63) is 98.4 Å². The monoisotopic (exact) mass is 499 g/mol. The van der Waals surface area contributed by atoms with Crippen LogP contribution in [0.25, 0.3) is 6.08 Å². The quantitative estimate of drug-likeness (QED) is 0.334. The predicted molar refractivity (Wildman–Crippen MR) is 132 cm³/mol. The lowest BCUT2D eigenvalue weighted by Crippen LogP contribution is -2.27. The standard InChI is InChI=1S/C25H19Cl2NO4S/c1-31-22-12-16(10-11-21(22)32-15-18-7-3-5-9-20(18)27)13-23-24(29)28(25(30)33-23)14-17-6-2-4-8-19(17)26/h2-13H,14-15H2,1H3/b23-13+. The van der Waals surface area contributed by atoms with Crippen LogP contribution in [0.15, 0.2) is 71.6 Å². The smallest absolute Gasteiger partial charge is 0.293 e. The van der Waals surface area contributed by atoms with Crippen LogP contribution in [-0.4, -0.2) is 23.2 Å². The molecule has 5 nitrogen and oxygen atoms in total. The molecule has 0 unspecified atom stereocenters. The number of hydrogen-bond donors (Lipinski definition) is 0. The molecule has 0 atom stereocenters. The van der Waals surface area contributed by atoms with Gasteiger partial charge in [0.05, 0.1) is 18.6 Å². The summed E-state index contributed by atoms with van der Waals surface area (Å²) in [6.07, 6.45) is 1.66. The molecule has 8 heteroatoms. The molecule has 0 bridgehead atoms.